The summed E-state index contributed by atoms with van der Waals surface area (Å²) in [6.07, 6.45) is 2.42. The molecular formula is C14H16ClN3S. The molecule has 0 atom stereocenters. The lowest BCUT2D eigenvalue weighted by molar-refractivity contribution is 0.919. The molecule has 0 saturated heterocycles. The van der Waals surface area contributed by atoms with Crippen molar-refractivity contribution in [3.05, 3.63) is 27.9 Å². The van der Waals surface area contributed by atoms with E-state index in [2.05, 4.69) is 24.1 Å². The van der Waals surface area contributed by atoms with Crippen LogP contribution in [0, 0.1) is 6.92 Å². The molecule has 1 N–H and O–H groups in total. The molecule has 0 unspecified atom stereocenters. The summed E-state index contributed by atoms with van der Waals surface area (Å²) in [7, 11) is 0. The van der Waals surface area contributed by atoms with Crippen molar-refractivity contribution in [2.24, 2.45) is 0 Å². The minimum Gasteiger partial charge on any atom is -0.370 e. The Morgan fingerprint density at radius 3 is 2.74 bits per heavy atom. The topological polar surface area (TPSA) is 37.8 Å². The molecule has 0 aliphatic heterocycles. The lowest BCUT2D eigenvalue weighted by Crippen LogP contribution is -2.07. The molecule has 100 valence electrons. The van der Waals surface area contributed by atoms with Gasteiger partial charge in [0.1, 0.15) is 11.6 Å². The second-order valence-electron chi connectivity index (χ2n) is 4.81. The van der Waals surface area contributed by atoms with E-state index in [0.29, 0.717) is 5.92 Å². The highest BCUT2D eigenvalue weighted by atomic mass is 35.5. The van der Waals surface area contributed by atoms with E-state index in [0.717, 1.165) is 38.7 Å². The normalized spacial score (nSPS) is 14.7. The second-order valence-corrected chi connectivity index (χ2v) is 6.53. The van der Waals surface area contributed by atoms with Crippen molar-refractivity contribution in [1.29, 1.82) is 0 Å². The summed E-state index contributed by atoms with van der Waals surface area (Å²) >= 11 is 7.61. The van der Waals surface area contributed by atoms with E-state index >= 15 is 0 Å². The number of rotatable bonds is 4. The van der Waals surface area contributed by atoms with E-state index < -0.39 is 0 Å². The average molecular weight is 294 g/mol. The fraction of sp³-hybridized carbons (Fsp3) is 0.429. The van der Waals surface area contributed by atoms with Crippen LogP contribution in [0.5, 0.6) is 0 Å². The van der Waals surface area contributed by atoms with Crippen molar-refractivity contribution in [3.63, 3.8) is 0 Å². The number of aromatic nitrogens is 2. The van der Waals surface area contributed by atoms with Gasteiger partial charge in [0.05, 0.1) is 14.9 Å². The molecule has 3 nitrogen and oxygen atoms in total. The minimum atomic E-state index is 0.548. The van der Waals surface area contributed by atoms with Gasteiger partial charge >= 0.3 is 0 Å². The maximum Gasteiger partial charge on any atom is 0.134 e. The van der Waals surface area contributed by atoms with Gasteiger partial charge in [-0.1, -0.05) is 11.6 Å². The lowest BCUT2D eigenvalue weighted by atomic mass is 10.2. The van der Waals surface area contributed by atoms with Gasteiger partial charge in [0.15, 0.2) is 0 Å². The Morgan fingerprint density at radius 1 is 1.37 bits per heavy atom. The number of hydrogen-bond acceptors (Lipinski definition) is 4. The molecule has 0 spiro atoms. The Hall–Kier alpha value is -1.13. The summed E-state index contributed by atoms with van der Waals surface area (Å²) in [4.78, 5) is 10.5. The van der Waals surface area contributed by atoms with Crippen LogP contribution in [0.25, 0.3) is 10.6 Å². The van der Waals surface area contributed by atoms with Gasteiger partial charge in [-0.15, -0.1) is 11.3 Å². The van der Waals surface area contributed by atoms with Crippen molar-refractivity contribution in [3.8, 4) is 10.6 Å². The Bertz CT molecular complexity index is 605. The van der Waals surface area contributed by atoms with Gasteiger partial charge in [0.2, 0.25) is 0 Å². The number of anilines is 1. The largest absolute Gasteiger partial charge is 0.370 e. The van der Waals surface area contributed by atoms with Crippen molar-refractivity contribution in [2.45, 2.75) is 32.6 Å². The molecule has 0 aromatic carbocycles. The highest BCUT2D eigenvalue weighted by Crippen LogP contribution is 2.41. The molecular weight excluding hydrogens is 278 g/mol. The molecule has 2 aromatic heterocycles. The zero-order chi connectivity index (χ0) is 13.4. The highest BCUT2D eigenvalue weighted by molar-refractivity contribution is 7.19. The van der Waals surface area contributed by atoms with Gasteiger partial charge in [-0.05, 0) is 38.8 Å². The SMILES string of the molecule is CCNc1nc(C2CC2)nc(-c2ccc(Cl)s2)c1C. The standard InChI is InChI=1S/C14H16ClN3S/c1-3-16-13-8(2)12(10-6-7-11(15)19-10)17-14(18-13)9-4-5-9/h6-7,9H,3-5H2,1-2H3,(H,16,17,18). The molecule has 0 radical (unpaired) electrons. The Labute approximate surface area is 122 Å². The first-order chi connectivity index (χ1) is 9.19. The summed E-state index contributed by atoms with van der Waals surface area (Å²) in [6, 6.07) is 3.96. The predicted octanol–water partition coefficient (Wildman–Crippen LogP) is 4.48. The van der Waals surface area contributed by atoms with E-state index in [4.69, 9.17) is 16.6 Å². The van der Waals surface area contributed by atoms with E-state index in [1.807, 2.05) is 12.1 Å². The summed E-state index contributed by atoms with van der Waals surface area (Å²) in [6.45, 7) is 5.02. The number of nitrogens with one attached hydrogen (secondary N) is 1. The van der Waals surface area contributed by atoms with E-state index in [-0.39, 0.29) is 0 Å². The summed E-state index contributed by atoms with van der Waals surface area (Å²) < 4.78 is 0.797. The molecule has 1 fully saturated rings. The van der Waals surface area contributed by atoms with Crippen LogP contribution in [-0.2, 0) is 0 Å². The van der Waals surface area contributed by atoms with Gasteiger partial charge < -0.3 is 5.32 Å². The molecule has 1 aliphatic carbocycles. The number of nitrogens with zero attached hydrogens (tertiary/aromatic N) is 2. The van der Waals surface area contributed by atoms with Crippen LogP contribution >= 0.6 is 22.9 Å². The Kier molecular flexibility index (Phi) is 3.46. The van der Waals surface area contributed by atoms with Crippen molar-refractivity contribution < 1.29 is 0 Å². The third-order valence-electron chi connectivity index (χ3n) is 3.26. The predicted molar refractivity (Wildman–Crippen MR) is 81.2 cm³/mol. The first-order valence-electron chi connectivity index (χ1n) is 6.57. The first kappa shape index (κ1) is 12.9. The first-order valence-corrected chi connectivity index (χ1v) is 7.76. The maximum atomic E-state index is 6.04. The fourth-order valence-electron chi connectivity index (χ4n) is 2.08. The van der Waals surface area contributed by atoms with E-state index in [9.17, 15) is 0 Å². The van der Waals surface area contributed by atoms with Crippen LogP contribution in [0.1, 0.15) is 37.1 Å². The molecule has 1 saturated carbocycles. The monoisotopic (exact) mass is 293 g/mol. The maximum absolute atomic E-state index is 6.04. The molecule has 2 heterocycles. The van der Waals surface area contributed by atoms with E-state index in [1.54, 1.807) is 11.3 Å². The van der Waals surface area contributed by atoms with Gasteiger partial charge in [0.25, 0.3) is 0 Å². The Balaban J connectivity index is 2.10. The van der Waals surface area contributed by atoms with Gasteiger partial charge in [-0.3, -0.25) is 0 Å². The molecule has 2 aromatic rings. The number of thiophene rings is 1. The minimum absolute atomic E-state index is 0.548. The fourth-order valence-corrected chi connectivity index (χ4v) is 3.17. The number of halogens is 1. The lowest BCUT2D eigenvalue weighted by Gasteiger charge is -2.12. The zero-order valence-electron chi connectivity index (χ0n) is 11.0. The van der Waals surface area contributed by atoms with Crippen LogP contribution in [-0.4, -0.2) is 16.5 Å². The molecule has 0 bridgehead atoms. The third kappa shape index (κ3) is 2.60. The van der Waals surface area contributed by atoms with Crippen LogP contribution < -0.4 is 5.32 Å². The van der Waals surface area contributed by atoms with Crippen molar-refractivity contribution in [2.75, 3.05) is 11.9 Å². The van der Waals surface area contributed by atoms with Gasteiger partial charge in [-0.2, -0.15) is 0 Å². The summed E-state index contributed by atoms with van der Waals surface area (Å²) in [5.41, 5.74) is 2.12. The Morgan fingerprint density at radius 2 is 2.16 bits per heavy atom. The quantitative estimate of drug-likeness (QED) is 0.903. The van der Waals surface area contributed by atoms with Crippen molar-refractivity contribution >= 4 is 28.8 Å². The highest BCUT2D eigenvalue weighted by Gasteiger charge is 2.28. The molecule has 3 rings (SSSR count). The summed E-state index contributed by atoms with van der Waals surface area (Å²) in [5.74, 6) is 2.48. The molecule has 1 aliphatic rings. The second kappa shape index (κ2) is 5.10. The summed E-state index contributed by atoms with van der Waals surface area (Å²) in [5, 5.41) is 3.34. The molecule has 19 heavy (non-hydrogen) atoms. The van der Waals surface area contributed by atoms with Crippen LogP contribution in [0.15, 0.2) is 12.1 Å². The zero-order valence-corrected chi connectivity index (χ0v) is 12.6. The average Bonchev–Trinajstić information content (AvgIpc) is 3.15. The third-order valence-corrected chi connectivity index (χ3v) is 4.49. The van der Waals surface area contributed by atoms with Crippen LogP contribution in [0.4, 0.5) is 5.82 Å². The van der Waals surface area contributed by atoms with Crippen molar-refractivity contribution in [1.82, 2.24) is 9.97 Å². The molecule has 0 amide bonds. The van der Waals surface area contributed by atoms with Gasteiger partial charge in [0, 0.05) is 18.0 Å². The van der Waals surface area contributed by atoms with E-state index in [1.165, 1.54) is 12.8 Å². The van der Waals surface area contributed by atoms with Gasteiger partial charge in [-0.25, -0.2) is 9.97 Å². The smallest absolute Gasteiger partial charge is 0.134 e. The van der Waals surface area contributed by atoms with Crippen LogP contribution in [0.2, 0.25) is 4.34 Å². The number of hydrogen-bond donors (Lipinski definition) is 1. The van der Waals surface area contributed by atoms with Crippen LogP contribution in [0.3, 0.4) is 0 Å². The molecule has 5 heteroatoms.